The minimum atomic E-state index is -0.542. The van der Waals surface area contributed by atoms with Crippen LogP contribution in [0.3, 0.4) is 0 Å². The van der Waals surface area contributed by atoms with E-state index in [1.54, 1.807) is 25.3 Å². The van der Waals surface area contributed by atoms with E-state index >= 15 is 0 Å². The Bertz CT molecular complexity index is 494. The summed E-state index contributed by atoms with van der Waals surface area (Å²) in [6.07, 6.45) is 6.03. The predicted octanol–water partition coefficient (Wildman–Crippen LogP) is 2.56. The lowest BCUT2D eigenvalue weighted by molar-refractivity contribution is -0.143. The standard InChI is InChI=1S/C17H23NO4/c1-3-4-5-12-18-16(19)13-22-17(20)11-8-14-6-9-15(21-2)10-7-14/h6-11H,3-5,12-13H2,1-2H3,(H,18,19)/b11-8+. The summed E-state index contributed by atoms with van der Waals surface area (Å²) in [5, 5.41) is 2.71. The van der Waals surface area contributed by atoms with Gasteiger partial charge in [-0.25, -0.2) is 4.79 Å². The van der Waals surface area contributed by atoms with Gasteiger partial charge in [0.1, 0.15) is 5.75 Å². The van der Waals surface area contributed by atoms with Gasteiger partial charge in [0.2, 0.25) is 0 Å². The molecule has 1 rings (SSSR count). The topological polar surface area (TPSA) is 64.6 Å². The summed E-state index contributed by atoms with van der Waals surface area (Å²) in [6, 6.07) is 7.25. The second-order valence-electron chi connectivity index (χ2n) is 4.77. The molecule has 0 aliphatic carbocycles. The average molecular weight is 305 g/mol. The molecule has 0 unspecified atom stereocenters. The van der Waals surface area contributed by atoms with Gasteiger partial charge in [0, 0.05) is 12.6 Å². The lowest BCUT2D eigenvalue weighted by atomic mass is 10.2. The zero-order chi connectivity index (χ0) is 16.2. The summed E-state index contributed by atoms with van der Waals surface area (Å²) in [5.74, 6) is -0.0682. The van der Waals surface area contributed by atoms with E-state index in [4.69, 9.17) is 9.47 Å². The number of nitrogens with one attached hydrogen (secondary N) is 1. The third-order valence-corrected chi connectivity index (χ3v) is 2.98. The van der Waals surface area contributed by atoms with E-state index in [9.17, 15) is 9.59 Å². The van der Waals surface area contributed by atoms with Crippen molar-refractivity contribution in [2.24, 2.45) is 0 Å². The van der Waals surface area contributed by atoms with Gasteiger partial charge in [0.25, 0.3) is 5.91 Å². The molecule has 0 aliphatic rings. The van der Waals surface area contributed by atoms with Crippen molar-refractivity contribution in [1.29, 1.82) is 0 Å². The van der Waals surface area contributed by atoms with Crippen LogP contribution in [0.4, 0.5) is 0 Å². The van der Waals surface area contributed by atoms with E-state index in [-0.39, 0.29) is 12.5 Å². The molecule has 22 heavy (non-hydrogen) atoms. The molecule has 0 bridgehead atoms. The molecule has 120 valence electrons. The Kier molecular flexibility index (Phi) is 8.42. The molecule has 0 aromatic heterocycles. The maximum atomic E-state index is 11.5. The molecular weight excluding hydrogens is 282 g/mol. The fraction of sp³-hybridized carbons (Fsp3) is 0.412. The van der Waals surface area contributed by atoms with Crippen LogP contribution in [0.5, 0.6) is 5.75 Å². The molecule has 0 saturated carbocycles. The minimum absolute atomic E-state index is 0.252. The number of hydrogen-bond acceptors (Lipinski definition) is 4. The van der Waals surface area contributed by atoms with Gasteiger partial charge >= 0.3 is 5.97 Å². The molecule has 1 aromatic carbocycles. The maximum absolute atomic E-state index is 11.5. The summed E-state index contributed by atoms with van der Waals surface area (Å²) in [5.41, 5.74) is 0.849. The number of hydrogen-bond donors (Lipinski definition) is 1. The first-order valence-corrected chi connectivity index (χ1v) is 7.41. The second kappa shape index (κ2) is 10.4. The van der Waals surface area contributed by atoms with Gasteiger partial charge in [-0.05, 0) is 30.2 Å². The van der Waals surface area contributed by atoms with E-state index in [0.29, 0.717) is 6.54 Å². The monoisotopic (exact) mass is 305 g/mol. The van der Waals surface area contributed by atoms with Crippen molar-refractivity contribution in [2.45, 2.75) is 26.2 Å². The maximum Gasteiger partial charge on any atom is 0.331 e. The van der Waals surface area contributed by atoms with Gasteiger partial charge in [0.15, 0.2) is 6.61 Å². The van der Waals surface area contributed by atoms with Crippen molar-refractivity contribution in [3.63, 3.8) is 0 Å². The average Bonchev–Trinajstić information content (AvgIpc) is 2.55. The van der Waals surface area contributed by atoms with Crippen LogP contribution in [-0.2, 0) is 14.3 Å². The third kappa shape index (κ3) is 7.47. The SMILES string of the molecule is CCCCCNC(=O)COC(=O)/C=C/c1ccc(OC)cc1. The summed E-state index contributed by atoms with van der Waals surface area (Å²) in [7, 11) is 1.59. The van der Waals surface area contributed by atoms with E-state index in [1.165, 1.54) is 6.08 Å². The summed E-state index contributed by atoms with van der Waals surface area (Å²) >= 11 is 0. The molecule has 0 fully saturated rings. The lowest BCUT2D eigenvalue weighted by Crippen LogP contribution is -2.29. The molecule has 0 heterocycles. The zero-order valence-electron chi connectivity index (χ0n) is 13.1. The smallest absolute Gasteiger partial charge is 0.331 e. The largest absolute Gasteiger partial charge is 0.497 e. The first-order valence-electron chi connectivity index (χ1n) is 7.41. The number of carbonyl (C=O) groups excluding carboxylic acids is 2. The van der Waals surface area contributed by atoms with Gasteiger partial charge in [-0.1, -0.05) is 31.9 Å². The number of ether oxygens (including phenoxy) is 2. The van der Waals surface area contributed by atoms with E-state index in [2.05, 4.69) is 12.2 Å². The number of carbonyl (C=O) groups is 2. The Morgan fingerprint density at radius 3 is 2.55 bits per heavy atom. The highest BCUT2D eigenvalue weighted by atomic mass is 16.5. The summed E-state index contributed by atoms with van der Waals surface area (Å²) in [6.45, 7) is 2.46. The van der Waals surface area contributed by atoms with Crippen LogP contribution < -0.4 is 10.1 Å². The molecule has 0 spiro atoms. The molecule has 0 radical (unpaired) electrons. The second-order valence-corrected chi connectivity index (χ2v) is 4.77. The van der Waals surface area contributed by atoms with E-state index < -0.39 is 5.97 Å². The fourth-order valence-corrected chi connectivity index (χ4v) is 1.72. The lowest BCUT2D eigenvalue weighted by Gasteiger charge is -2.04. The van der Waals surface area contributed by atoms with Gasteiger partial charge < -0.3 is 14.8 Å². The minimum Gasteiger partial charge on any atom is -0.497 e. The number of amides is 1. The number of rotatable bonds is 9. The Labute approximate surface area is 131 Å². The van der Waals surface area contributed by atoms with Crippen molar-refractivity contribution in [3.8, 4) is 5.75 Å². The van der Waals surface area contributed by atoms with Crippen LogP contribution >= 0.6 is 0 Å². The number of benzene rings is 1. The van der Waals surface area contributed by atoms with Gasteiger partial charge in [0.05, 0.1) is 7.11 Å². The van der Waals surface area contributed by atoms with Gasteiger partial charge in [-0.2, -0.15) is 0 Å². The van der Waals surface area contributed by atoms with Crippen LogP contribution in [0, 0.1) is 0 Å². The van der Waals surface area contributed by atoms with Gasteiger partial charge in [-0.15, -0.1) is 0 Å². The van der Waals surface area contributed by atoms with Crippen molar-refractivity contribution in [3.05, 3.63) is 35.9 Å². The predicted molar refractivity (Wildman–Crippen MR) is 85.5 cm³/mol. The zero-order valence-corrected chi connectivity index (χ0v) is 13.1. The van der Waals surface area contributed by atoms with Crippen molar-refractivity contribution in [1.82, 2.24) is 5.32 Å². The van der Waals surface area contributed by atoms with Crippen LogP contribution in [0.1, 0.15) is 31.7 Å². The Hall–Kier alpha value is -2.30. The van der Waals surface area contributed by atoms with Crippen LogP contribution in [-0.4, -0.2) is 32.1 Å². The normalized spacial score (nSPS) is 10.5. The first kappa shape index (κ1) is 17.8. The number of methoxy groups -OCH3 is 1. The third-order valence-electron chi connectivity index (χ3n) is 2.98. The van der Waals surface area contributed by atoms with Crippen LogP contribution in [0.2, 0.25) is 0 Å². The Morgan fingerprint density at radius 1 is 1.18 bits per heavy atom. The molecule has 1 amide bonds. The first-order chi connectivity index (χ1) is 10.7. The Balaban J connectivity index is 2.27. The van der Waals surface area contributed by atoms with Crippen molar-refractivity contribution < 1.29 is 19.1 Å². The molecule has 0 saturated heterocycles. The quantitative estimate of drug-likeness (QED) is 0.432. The van der Waals surface area contributed by atoms with Crippen LogP contribution in [0.25, 0.3) is 6.08 Å². The van der Waals surface area contributed by atoms with Gasteiger partial charge in [-0.3, -0.25) is 4.79 Å². The Morgan fingerprint density at radius 2 is 1.91 bits per heavy atom. The number of unbranched alkanes of at least 4 members (excludes halogenated alkanes) is 2. The molecule has 1 aromatic rings. The summed E-state index contributed by atoms with van der Waals surface area (Å²) < 4.78 is 9.91. The fourth-order valence-electron chi connectivity index (χ4n) is 1.72. The molecule has 0 atom stereocenters. The van der Waals surface area contributed by atoms with Crippen LogP contribution in [0.15, 0.2) is 30.3 Å². The molecule has 1 N–H and O–H groups in total. The molecule has 5 heteroatoms. The van der Waals surface area contributed by atoms with E-state index in [1.807, 2.05) is 12.1 Å². The highest BCUT2D eigenvalue weighted by molar-refractivity contribution is 5.89. The summed E-state index contributed by atoms with van der Waals surface area (Å²) in [4.78, 5) is 22.9. The highest BCUT2D eigenvalue weighted by Gasteiger charge is 2.04. The molecule has 5 nitrogen and oxygen atoms in total. The van der Waals surface area contributed by atoms with E-state index in [0.717, 1.165) is 30.6 Å². The highest BCUT2D eigenvalue weighted by Crippen LogP contribution is 2.12. The molecule has 0 aliphatic heterocycles. The van der Waals surface area contributed by atoms with Crippen molar-refractivity contribution >= 4 is 18.0 Å². The number of esters is 1. The molecular formula is C17H23NO4. The van der Waals surface area contributed by atoms with Crippen molar-refractivity contribution in [2.75, 3.05) is 20.3 Å².